The summed E-state index contributed by atoms with van der Waals surface area (Å²) < 4.78 is 1.75. The van der Waals surface area contributed by atoms with Crippen molar-refractivity contribution in [2.45, 2.75) is 0 Å². The highest BCUT2D eigenvalue weighted by Gasteiger charge is 1.73. The number of aliphatic hydroxyl groups is 1. The predicted octanol–water partition coefficient (Wildman–Crippen LogP) is -0.892. The molecule has 0 aromatic carbocycles. The van der Waals surface area contributed by atoms with E-state index in [1.165, 1.54) is 0 Å². The van der Waals surface area contributed by atoms with E-state index in [0.717, 1.165) is 0 Å². The molecule has 5 heteroatoms. The molecule has 0 bridgehead atoms. The smallest absolute Gasteiger partial charge is 0.131 e. The van der Waals surface area contributed by atoms with Gasteiger partial charge in [-0.2, -0.15) is 0 Å². The van der Waals surface area contributed by atoms with E-state index in [-0.39, 0.29) is 6.73 Å². The van der Waals surface area contributed by atoms with Gasteiger partial charge in [0.25, 0.3) is 0 Å². The molecule has 14 heavy (non-hydrogen) atoms. The second kappa shape index (κ2) is 29.5. The summed E-state index contributed by atoms with van der Waals surface area (Å²) in [6.07, 6.45) is 0. The van der Waals surface area contributed by atoms with E-state index < -0.39 is 0 Å². The Kier molecular flexibility index (Phi) is 49.0. The molecule has 0 heterocycles. The van der Waals surface area contributed by atoms with E-state index in [0.29, 0.717) is 0 Å². The number of hydrogen-bond acceptors (Lipinski definition) is 4. The van der Waals surface area contributed by atoms with Crippen LogP contribution in [0, 0.1) is 0 Å². The summed E-state index contributed by atoms with van der Waals surface area (Å²) in [7, 11) is 11.1. The second-order valence-electron chi connectivity index (χ2n) is 2.80. The Bertz CT molecular complexity index is 94.1. The summed E-state index contributed by atoms with van der Waals surface area (Å²) in [6, 6.07) is 0. The first-order valence-corrected chi connectivity index (χ1v) is 4.03. The molecule has 0 amide bonds. The third kappa shape index (κ3) is 787. The number of nitrogens with zero attached hydrogens (tertiary/aromatic N) is 2. The molecule has 2 N–H and O–H groups in total. The van der Waals surface area contributed by atoms with Gasteiger partial charge in [0.2, 0.25) is 0 Å². The number of carbonyl (C=O) groups is 1. The van der Waals surface area contributed by atoms with Gasteiger partial charge in [0, 0.05) is 0 Å². The zero-order chi connectivity index (χ0) is 12.6. The van der Waals surface area contributed by atoms with Gasteiger partial charge in [-0.25, -0.2) is 4.58 Å². The summed E-state index contributed by atoms with van der Waals surface area (Å²) in [5.41, 5.74) is 0. The molecule has 0 aliphatic rings. The lowest BCUT2D eigenvalue weighted by atomic mass is 11.0. The van der Waals surface area contributed by atoms with Crippen molar-refractivity contribution in [3.63, 3.8) is 0 Å². The lowest BCUT2D eigenvalue weighted by Gasteiger charge is -1.99. The van der Waals surface area contributed by atoms with Gasteiger partial charge in [-0.15, -0.1) is 0 Å². The molecule has 5 nitrogen and oxygen atoms in total. The highest BCUT2D eigenvalue weighted by atomic mass is 16.3. The van der Waals surface area contributed by atoms with Crippen LogP contribution >= 0.6 is 0 Å². The van der Waals surface area contributed by atoms with Crippen molar-refractivity contribution in [2.75, 3.05) is 49.0 Å². The van der Waals surface area contributed by atoms with Gasteiger partial charge in [0.1, 0.15) is 27.6 Å². The molecule has 0 fully saturated rings. The third-order valence-electron chi connectivity index (χ3n) is 0.283. The zero-order valence-corrected chi connectivity index (χ0v) is 10.4. The fourth-order valence-corrected chi connectivity index (χ4v) is 0. The lowest BCUT2D eigenvalue weighted by molar-refractivity contribution is -0.454. The molecule has 0 spiro atoms. The average Bonchev–Trinajstić information content (AvgIpc) is 2.08. The van der Waals surface area contributed by atoms with Gasteiger partial charge in [-0.05, 0) is 28.2 Å². The summed E-state index contributed by atoms with van der Waals surface area (Å²) in [6.45, 7) is 5.61. The summed E-state index contributed by atoms with van der Waals surface area (Å²) in [4.78, 5) is 9.68. The topological polar surface area (TPSA) is 55.6 Å². The molecule has 0 aliphatic heterocycles. The number of carbonyl (C=O) groups excluding carboxylic acids is 1. The van der Waals surface area contributed by atoms with E-state index in [4.69, 9.17) is 9.90 Å². The molecule has 0 rings (SSSR count). The number of rotatable bonds is 1. The van der Waals surface area contributed by atoms with Crippen LogP contribution in [-0.4, -0.2) is 77.1 Å². The molecule has 0 saturated carbocycles. The minimum absolute atomic E-state index is 0.139. The average molecular weight is 208 g/mol. The third-order valence-corrected chi connectivity index (χ3v) is 0.283. The Hall–Kier alpha value is -0.780. The number of hydrogen-bond donors (Lipinski definition) is 2. The molecule has 0 atom stereocenters. The Morgan fingerprint density at radius 2 is 1.36 bits per heavy atom. The number of aliphatic hydroxyl groups excluding tert-OH is 1. The maximum Gasteiger partial charge on any atom is 0.131 e. The molecular formula is C9H26N3O2+. The highest BCUT2D eigenvalue weighted by Crippen LogP contribution is 1.59. The van der Waals surface area contributed by atoms with Gasteiger partial charge >= 0.3 is 0 Å². The fraction of sp³-hybridized carbons (Fsp3) is 0.778. The predicted molar refractivity (Wildman–Crippen MR) is 62.1 cm³/mol. The van der Waals surface area contributed by atoms with Crippen molar-refractivity contribution in [1.29, 1.82) is 0 Å². The first-order valence-electron chi connectivity index (χ1n) is 4.03. The molecule has 0 aromatic rings. The Morgan fingerprint density at radius 3 is 1.36 bits per heavy atom. The molecule has 0 aliphatic carbocycles. The van der Waals surface area contributed by atoms with Crippen molar-refractivity contribution in [3.05, 3.63) is 0 Å². The van der Waals surface area contributed by atoms with Crippen LogP contribution in [0.5, 0.6) is 0 Å². The molecule has 88 valence electrons. The lowest BCUT2D eigenvalue weighted by Crippen LogP contribution is -2.11. The Morgan fingerprint density at radius 1 is 1.29 bits per heavy atom. The van der Waals surface area contributed by atoms with E-state index in [2.05, 4.69) is 12.0 Å². The van der Waals surface area contributed by atoms with Gasteiger partial charge in [0.05, 0.1) is 6.73 Å². The van der Waals surface area contributed by atoms with Crippen LogP contribution < -0.4 is 5.32 Å². The van der Waals surface area contributed by atoms with E-state index in [1.54, 1.807) is 23.6 Å². The second-order valence-corrected chi connectivity index (χ2v) is 2.80. The largest absolute Gasteiger partial charge is 0.381 e. The van der Waals surface area contributed by atoms with Crippen molar-refractivity contribution < 1.29 is 14.5 Å². The van der Waals surface area contributed by atoms with Crippen LogP contribution in [0.25, 0.3) is 0 Å². The summed E-state index contributed by atoms with van der Waals surface area (Å²) in [5, 5.41) is 10.8. The van der Waals surface area contributed by atoms with E-state index in [1.807, 2.05) is 35.0 Å². The molecule has 0 radical (unpaired) electrons. The quantitative estimate of drug-likeness (QED) is 0.333. The minimum atomic E-state index is 0.139. The molecular weight excluding hydrogens is 182 g/mol. The Balaban J connectivity index is -0.0000000505. The van der Waals surface area contributed by atoms with Crippen molar-refractivity contribution in [3.8, 4) is 0 Å². The van der Waals surface area contributed by atoms with Crippen molar-refractivity contribution >= 4 is 13.5 Å². The van der Waals surface area contributed by atoms with Crippen LogP contribution in [0.1, 0.15) is 0 Å². The van der Waals surface area contributed by atoms with Crippen molar-refractivity contribution in [1.82, 2.24) is 10.2 Å². The van der Waals surface area contributed by atoms with Crippen LogP contribution in [0.2, 0.25) is 0 Å². The molecule has 0 unspecified atom stereocenters. The van der Waals surface area contributed by atoms with Crippen LogP contribution in [0.3, 0.4) is 0 Å². The van der Waals surface area contributed by atoms with E-state index >= 15 is 0 Å². The standard InChI is InChI=1S/C3H9NO.C3H8N.C2H7N.CH2O/c1-4(2)3-5;1-4(2)3;1-3-2;1-2/h5H,3H2,1-2H3;1H2,2-3H3;3H,1-2H3;1H2/q;+1;;. The van der Waals surface area contributed by atoms with Gasteiger partial charge in [-0.3, -0.25) is 4.90 Å². The minimum Gasteiger partial charge on any atom is -0.381 e. The maximum absolute atomic E-state index is 8.07. The maximum atomic E-state index is 8.07. The molecule has 0 saturated heterocycles. The molecule has 0 aromatic heterocycles. The Labute approximate surface area is 88.0 Å². The van der Waals surface area contributed by atoms with Gasteiger partial charge in [0.15, 0.2) is 0 Å². The van der Waals surface area contributed by atoms with Crippen LogP contribution in [-0.2, 0) is 4.79 Å². The van der Waals surface area contributed by atoms with Crippen LogP contribution in [0.15, 0.2) is 0 Å². The highest BCUT2D eigenvalue weighted by molar-refractivity contribution is 5.13. The first-order chi connectivity index (χ1) is 6.42. The van der Waals surface area contributed by atoms with Crippen LogP contribution in [0.4, 0.5) is 0 Å². The van der Waals surface area contributed by atoms with Crippen molar-refractivity contribution in [2.24, 2.45) is 0 Å². The summed E-state index contributed by atoms with van der Waals surface area (Å²) in [5.74, 6) is 0. The van der Waals surface area contributed by atoms with Gasteiger partial charge in [-0.1, -0.05) is 0 Å². The fourth-order valence-electron chi connectivity index (χ4n) is 0. The number of nitrogens with one attached hydrogen (secondary N) is 1. The summed E-state index contributed by atoms with van der Waals surface area (Å²) >= 11 is 0. The SMILES string of the molecule is C=O.C=[N+](C)C.CN(C)CO.CNC. The normalized spacial score (nSPS) is 6.86. The zero-order valence-electron chi connectivity index (χ0n) is 10.4. The van der Waals surface area contributed by atoms with E-state index in [9.17, 15) is 0 Å². The first kappa shape index (κ1) is 23.2. The monoisotopic (exact) mass is 208 g/mol. The van der Waals surface area contributed by atoms with Gasteiger partial charge < -0.3 is 15.2 Å².